The second-order valence-corrected chi connectivity index (χ2v) is 9.51. The zero-order valence-electron chi connectivity index (χ0n) is 18.6. The van der Waals surface area contributed by atoms with E-state index in [0.29, 0.717) is 12.5 Å². The molecule has 0 atom stereocenters. The maximum atomic E-state index is 13.8. The maximum absolute atomic E-state index is 13.8. The third-order valence-electron chi connectivity index (χ3n) is 7.28. The molecule has 6 heteroatoms. The van der Waals surface area contributed by atoms with E-state index in [1.807, 2.05) is 0 Å². The van der Waals surface area contributed by atoms with Crippen molar-refractivity contribution in [1.82, 2.24) is 0 Å². The quantitative estimate of drug-likeness (QED) is 0.282. The van der Waals surface area contributed by atoms with Gasteiger partial charge >= 0.3 is 6.36 Å². The summed E-state index contributed by atoms with van der Waals surface area (Å²) in [5, 5.41) is 0. The van der Waals surface area contributed by atoms with Gasteiger partial charge in [-0.25, -0.2) is 4.39 Å². The second kappa shape index (κ2) is 11.4. The molecule has 0 spiro atoms. The van der Waals surface area contributed by atoms with Crippen LogP contribution < -0.4 is 9.47 Å². The number of hydrogen-bond acceptors (Lipinski definition) is 2. The smallest absolute Gasteiger partial charge is 0.493 e. The van der Waals surface area contributed by atoms with Gasteiger partial charge in [-0.3, -0.25) is 0 Å². The average Bonchev–Trinajstić information content (AvgIpc) is 2.74. The molecule has 0 unspecified atom stereocenters. The van der Waals surface area contributed by atoms with Crippen molar-refractivity contribution in [1.29, 1.82) is 0 Å². The van der Waals surface area contributed by atoms with Gasteiger partial charge in [-0.1, -0.05) is 45.4 Å². The lowest BCUT2D eigenvalue weighted by Crippen LogP contribution is -2.27. The molecule has 1 aromatic rings. The van der Waals surface area contributed by atoms with Gasteiger partial charge in [0.2, 0.25) is 0 Å². The fourth-order valence-corrected chi connectivity index (χ4v) is 5.45. The van der Waals surface area contributed by atoms with Crippen LogP contribution in [0.15, 0.2) is 18.2 Å². The zero-order chi connectivity index (χ0) is 22.3. The summed E-state index contributed by atoms with van der Waals surface area (Å²) in [6, 6.07) is 3.26. The fourth-order valence-electron chi connectivity index (χ4n) is 5.45. The van der Waals surface area contributed by atoms with Gasteiger partial charge in [0.1, 0.15) is 5.75 Å². The standard InChI is InChI=1S/C25H36F4O2/c1-2-3-4-5-18-6-10-20(11-7-18)21-12-8-19(9-13-21)17-30-22-14-15-24(23(26)16-22)31-25(27,28)29/h14-16,18-21H,2-13,17H2,1H3/t18-,19?,20-,21?. The number of hydrogen-bond donors (Lipinski definition) is 0. The van der Waals surface area contributed by atoms with Crippen molar-refractivity contribution in [3.63, 3.8) is 0 Å². The van der Waals surface area contributed by atoms with Crippen LogP contribution in [0.25, 0.3) is 0 Å². The molecule has 2 aliphatic rings. The van der Waals surface area contributed by atoms with Crippen molar-refractivity contribution < 1.29 is 27.0 Å². The van der Waals surface area contributed by atoms with Gasteiger partial charge in [-0.05, 0) is 74.3 Å². The van der Waals surface area contributed by atoms with Gasteiger partial charge < -0.3 is 9.47 Å². The number of alkyl halides is 3. The third kappa shape index (κ3) is 7.87. The highest BCUT2D eigenvalue weighted by Crippen LogP contribution is 2.42. The second-order valence-electron chi connectivity index (χ2n) is 9.51. The Labute approximate surface area is 183 Å². The van der Waals surface area contributed by atoms with Crippen LogP contribution in [0.1, 0.15) is 84.0 Å². The minimum absolute atomic E-state index is 0.246. The van der Waals surface area contributed by atoms with E-state index in [1.165, 1.54) is 70.3 Å². The highest BCUT2D eigenvalue weighted by atomic mass is 19.4. The van der Waals surface area contributed by atoms with E-state index in [4.69, 9.17) is 4.74 Å². The lowest BCUT2D eigenvalue weighted by Gasteiger charge is -2.38. The SMILES string of the molecule is CCCCC[C@H]1CC[C@H](C2CCC(COc3ccc(OC(F)(F)F)c(F)c3)CC2)CC1. The fraction of sp³-hybridized carbons (Fsp3) is 0.760. The summed E-state index contributed by atoms with van der Waals surface area (Å²) in [7, 11) is 0. The third-order valence-corrected chi connectivity index (χ3v) is 7.28. The molecule has 0 aliphatic heterocycles. The molecule has 3 rings (SSSR count). The van der Waals surface area contributed by atoms with Gasteiger partial charge in [0.15, 0.2) is 11.6 Å². The molecule has 2 fully saturated rings. The van der Waals surface area contributed by atoms with Crippen molar-refractivity contribution in [2.45, 2.75) is 90.3 Å². The lowest BCUT2D eigenvalue weighted by molar-refractivity contribution is -0.275. The van der Waals surface area contributed by atoms with E-state index in [0.717, 1.165) is 42.7 Å². The molecule has 0 radical (unpaired) electrons. The molecule has 0 aromatic heterocycles. The Hall–Kier alpha value is -1.46. The van der Waals surface area contributed by atoms with E-state index in [-0.39, 0.29) is 5.75 Å². The highest BCUT2D eigenvalue weighted by molar-refractivity contribution is 5.33. The number of halogens is 4. The molecule has 0 saturated heterocycles. The zero-order valence-corrected chi connectivity index (χ0v) is 18.6. The Morgan fingerprint density at radius 3 is 2.03 bits per heavy atom. The lowest BCUT2D eigenvalue weighted by atomic mass is 9.69. The van der Waals surface area contributed by atoms with Crippen molar-refractivity contribution in [3.8, 4) is 11.5 Å². The first-order valence-corrected chi connectivity index (χ1v) is 12.0. The van der Waals surface area contributed by atoms with Crippen LogP contribution in [0, 0.1) is 29.5 Å². The van der Waals surface area contributed by atoms with Gasteiger partial charge in [0.25, 0.3) is 0 Å². The molecule has 1 aromatic carbocycles. The first-order chi connectivity index (χ1) is 14.8. The molecular formula is C25H36F4O2. The average molecular weight is 445 g/mol. The summed E-state index contributed by atoms with van der Waals surface area (Å²) in [6.45, 7) is 2.75. The van der Waals surface area contributed by atoms with E-state index in [9.17, 15) is 17.6 Å². The van der Waals surface area contributed by atoms with Crippen LogP contribution in [0.3, 0.4) is 0 Å². The summed E-state index contributed by atoms with van der Waals surface area (Å²) in [5.41, 5.74) is 0. The molecule has 2 nitrogen and oxygen atoms in total. The van der Waals surface area contributed by atoms with Crippen molar-refractivity contribution in [2.75, 3.05) is 6.61 Å². The Morgan fingerprint density at radius 1 is 0.871 bits per heavy atom. The van der Waals surface area contributed by atoms with Crippen LogP contribution >= 0.6 is 0 Å². The van der Waals surface area contributed by atoms with E-state index < -0.39 is 17.9 Å². The summed E-state index contributed by atoms with van der Waals surface area (Å²) in [5.74, 6) is 1.42. The van der Waals surface area contributed by atoms with Gasteiger partial charge in [-0.2, -0.15) is 0 Å². The summed E-state index contributed by atoms with van der Waals surface area (Å²) >= 11 is 0. The minimum Gasteiger partial charge on any atom is -0.493 e. The highest BCUT2D eigenvalue weighted by Gasteiger charge is 2.33. The normalized spacial score (nSPS) is 27.1. The Balaban J connectivity index is 1.36. The number of ether oxygens (including phenoxy) is 2. The van der Waals surface area contributed by atoms with E-state index in [1.54, 1.807) is 0 Å². The van der Waals surface area contributed by atoms with E-state index >= 15 is 0 Å². The van der Waals surface area contributed by atoms with Crippen molar-refractivity contribution in [2.24, 2.45) is 23.7 Å². The summed E-state index contributed by atoms with van der Waals surface area (Å²) in [6.07, 6.45) is 10.8. The van der Waals surface area contributed by atoms with E-state index in [2.05, 4.69) is 11.7 Å². The van der Waals surface area contributed by atoms with Gasteiger partial charge in [-0.15, -0.1) is 13.2 Å². The van der Waals surface area contributed by atoms with Gasteiger partial charge in [0.05, 0.1) is 6.61 Å². The molecule has 0 amide bonds. The molecule has 2 aliphatic carbocycles. The molecular weight excluding hydrogens is 408 g/mol. The summed E-state index contributed by atoms with van der Waals surface area (Å²) < 4.78 is 59.9. The molecule has 0 heterocycles. The van der Waals surface area contributed by atoms with Crippen molar-refractivity contribution in [3.05, 3.63) is 24.0 Å². The number of benzene rings is 1. The van der Waals surface area contributed by atoms with Crippen LogP contribution in [0.5, 0.6) is 11.5 Å². The van der Waals surface area contributed by atoms with Crippen molar-refractivity contribution >= 4 is 0 Å². The van der Waals surface area contributed by atoms with Gasteiger partial charge in [0, 0.05) is 6.07 Å². The van der Waals surface area contributed by atoms with Crippen LogP contribution in [-0.2, 0) is 0 Å². The number of rotatable bonds is 9. The maximum Gasteiger partial charge on any atom is 0.573 e. The molecule has 176 valence electrons. The topological polar surface area (TPSA) is 18.5 Å². The molecule has 0 bridgehead atoms. The minimum atomic E-state index is -4.91. The predicted octanol–water partition coefficient (Wildman–Crippen LogP) is 8.30. The number of unbranched alkanes of at least 4 members (excludes halogenated alkanes) is 2. The molecule has 0 N–H and O–H groups in total. The molecule has 2 saturated carbocycles. The molecule has 31 heavy (non-hydrogen) atoms. The predicted molar refractivity (Wildman–Crippen MR) is 114 cm³/mol. The van der Waals surface area contributed by atoms with Crippen LogP contribution in [-0.4, -0.2) is 13.0 Å². The Kier molecular flexibility index (Phi) is 8.91. The van der Waals surface area contributed by atoms with Crippen LogP contribution in [0.4, 0.5) is 17.6 Å². The van der Waals surface area contributed by atoms with Crippen LogP contribution in [0.2, 0.25) is 0 Å². The largest absolute Gasteiger partial charge is 0.573 e. The first kappa shape index (κ1) is 24.2. The Bertz CT molecular complexity index is 660. The monoisotopic (exact) mass is 444 g/mol. The summed E-state index contributed by atoms with van der Waals surface area (Å²) in [4.78, 5) is 0. The first-order valence-electron chi connectivity index (χ1n) is 12.0. The Morgan fingerprint density at radius 2 is 1.48 bits per heavy atom.